The summed E-state index contributed by atoms with van der Waals surface area (Å²) >= 11 is 0. The third-order valence-electron chi connectivity index (χ3n) is 2.35. The largest absolute Gasteiger partial charge is 0.368 e. The number of nitrogens with two attached hydrogens (primary N) is 1. The first-order valence-corrected chi connectivity index (χ1v) is 5.56. The van der Waals surface area contributed by atoms with Gasteiger partial charge >= 0.3 is 0 Å². The molecule has 0 spiro atoms. The van der Waals surface area contributed by atoms with E-state index in [1.807, 2.05) is 11.0 Å². The van der Waals surface area contributed by atoms with Crippen molar-refractivity contribution in [2.24, 2.45) is 5.73 Å². The summed E-state index contributed by atoms with van der Waals surface area (Å²) in [4.78, 5) is 16.8. The zero-order chi connectivity index (χ0) is 12.7. The molecule has 0 bridgehead atoms. The molecule has 2 N–H and O–H groups in total. The molecule has 0 aliphatic carbocycles. The highest BCUT2D eigenvalue weighted by Gasteiger charge is 2.09. The Morgan fingerprint density at radius 1 is 1.65 bits per heavy atom. The molecule has 1 aromatic rings. The Morgan fingerprint density at radius 3 is 3.00 bits per heavy atom. The number of anilines is 1. The van der Waals surface area contributed by atoms with Crippen LogP contribution in [0.3, 0.4) is 0 Å². The third-order valence-corrected chi connectivity index (χ3v) is 2.35. The van der Waals surface area contributed by atoms with E-state index in [9.17, 15) is 4.79 Å². The van der Waals surface area contributed by atoms with Crippen molar-refractivity contribution < 1.29 is 4.79 Å². The first-order chi connectivity index (χ1) is 8.17. The van der Waals surface area contributed by atoms with E-state index < -0.39 is 0 Å². The van der Waals surface area contributed by atoms with E-state index in [2.05, 4.69) is 11.9 Å². The van der Waals surface area contributed by atoms with Gasteiger partial charge < -0.3 is 10.6 Å². The van der Waals surface area contributed by atoms with E-state index in [-0.39, 0.29) is 12.5 Å². The van der Waals surface area contributed by atoms with Crippen LogP contribution in [-0.2, 0) is 4.79 Å². The van der Waals surface area contributed by atoms with Crippen molar-refractivity contribution in [2.45, 2.75) is 19.8 Å². The fourth-order valence-corrected chi connectivity index (χ4v) is 1.51. The van der Waals surface area contributed by atoms with Crippen molar-refractivity contribution in [2.75, 3.05) is 18.0 Å². The highest BCUT2D eigenvalue weighted by atomic mass is 16.1. The lowest BCUT2D eigenvalue weighted by molar-refractivity contribution is -0.116. The van der Waals surface area contributed by atoms with Gasteiger partial charge in [0.1, 0.15) is 11.8 Å². The van der Waals surface area contributed by atoms with Crippen LogP contribution in [0.25, 0.3) is 0 Å². The minimum atomic E-state index is -0.378. The molecular weight excluding hydrogens is 216 g/mol. The Labute approximate surface area is 101 Å². The van der Waals surface area contributed by atoms with Gasteiger partial charge in [-0.1, -0.05) is 13.3 Å². The van der Waals surface area contributed by atoms with Crippen LogP contribution in [0.4, 0.5) is 5.69 Å². The standard InChI is InChI=1S/C12H16N4O/c1-2-3-6-16(9-12(14)17)11-4-5-15-10(7-11)8-13/h4-5,7H,2-3,6,9H2,1H3,(H2,14,17). The van der Waals surface area contributed by atoms with Gasteiger partial charge in [-0.2, -0.15) is 5.26 Å². The summed E-state index contributed by atoms with van der Waals surface area (Å²) in [7, 11) is 0. The molecule has 5 heteroatoms. The maximum absolute atomic E-state index is 11.0. The summed E-state index contributed by atoms with van der Waals surface area (Å²) in [6.45, 7) is 2.99. The summed E-state index contributed by atoms with van der Waals surface area (Å²) in [6, 6.07) is 5.42. The van der Waals surface area contributed by atoms with Crippen LogP contribution in [0.5, 0.6) is 0 Å². The SMILES string of the molecule is CCCCN(CC(N)=O)c1ccnc(C#N)c1. The van der Waals surface area contributed by atoms with E-state index in [0.717, 1.165) is 25.1 Å². The van der Waals surface area contributed by atoms with Crippen molar-refractivity contribution in [1.29, 1.82) is 5.26 Å². The molecule has 0 saturated carbocycles. The number of hydrogen-bond donors (Lipinski definition) is 1. The van der Waals surface area contributed by atoms with Gasteiger partial charge in [0.2, 0.25) is 5.91 Å². The Balaban J connectivity index is 2.87. The second-order valence-electron chi connectivity index (χ2n) is 3.75. The number of unbranched alkanes of at least 4 members (excludes halogenated alkanes) is 1. The van der Waals surface area contributed by atoms with Crippen molar-refractivity contribution in [1.82, 2.24) is 4.98 Å². The molecule has 17 heavy (non-hydrogen) atoms. The molecular formula is C12H16N4O. The Morgan fingerprint density at radius 2 is 2.41 bits per heavy atom. The highest BCUT2D eigenvalue weighted by Crippen LogP contribution is 2.14. The van der Waals surface area contributed by atoms with E-state index in [1.165, 1.54) is 0 Å². The average Bonchev–Trinajstić information content (AvgIpc) is 2.34. The molecule has 1 aromatic heterocycles. The number of primary amides is 1. The number of nitrogens with zero attached hydrogens (tertiary/aromatic N) is 3. The van der Waals surface area contributed by atoms with Crippen LogP contribution in [0.15, 0.2) is 18.3 Å². The van der Waals surface area contributed by atoms with Crippen LogP contribution in [-0.4, -0.2) is 24.0 Å². The number of aromatic nitrogens is 1. The summed E-state index contributed by atoms with van der Waals surface area (Å²) < 4.78 is 0. The molecule has 0 aromatic carbocycles. The molecule has 5 nitrogen and oxygen atoms in total. The molecule has 0 unspecified atom stereocenters. The Bertz CT molecular complexity index is 425. The predicted molar refractivity (Wildman–Crippen MR) is 65.3 cm³/mol. The topological polar surface area (TPSA) is 83.0 Å². The molecule has 0 saturated heterocycles. The minimum absolute atomic E-state index is 0.162. The van der Waals surface area contributed by atoms with Crippen LogP contribution in [0.1, 0.15) is 25.5 Å². The quantitative estimate of drug-likeness (QED) is 0.794. The fourth-order valence-electron chi connectivity index (χ4n) is 1.51. The van der Waals surface area contributed by atoms with Gasteiger partial charge in [-0.3, -0.25) is 4.79 Å². The zero-order valence-corrected chi connectivity index (χ0v) is 9.89. The highest BCUT2D eigenvalue weighted by molar-refractivity contribution is 5.79. The van der Waals surface area contributed by atoms with Gasteiger partial charge in [0, 0.05) is 18.4 Å². The molecule has 0 atom stereocenters. The second-order valence-corrected chi connectivity index (χ2v) is 3.75. The lowest BCUT2D eigenvalue weighted by Gasteiger charge is -2.22. The minimum Gasteiger partial charge on any atom is -0.368 e. The van der Waals surface area contributed by atoms with E-state index in [1.54, 1.807) is 18.3 Å². The van der Waals surface area contributed by atoms with Gasteiger partial charge in [-0.25, -0.2) is 4.98 Å². The zero-order valence-electron chi connectivity index (χ0n) is 9.89. The van der Waals surface area contributed by atoms with Crippen LogP contribution in [0.2, 0.25) is 0 Å². The Kier molecular flexibility index (Phi) is 4.95. The number of carbonyl (C=O) groups is 1. The molecule has 1 amide bonds. The Hall–Kier alpha value is -2.09. The molecule has 0 aliphatic heterocycles. The van der Waals surface area contributed by atoms with Crippen LogP contribution < -0.4 is 10.6 Å². The molecule has 90 valence electrons. The van der Waals surface area contributed by atoms with Gasteiger partial charge in [0.05, 0.1) is 6.54 Å². The number of hydrogen-bond acceptors (Lipinski definition) is 4. The number of nitriles is 1. The van der Waals surface area contributed by atoms with Gasteiger partial charge in [-0.05, 0) is 18.6 Å². The number of rotatable bonds is 6. The number of carbonyl (C=O) groups excluding carboxylic acids is 1. The molecule has 1 heterocycles. The van der Waals surface area contributed by atoms with Crippen LogP contribution in [0, 0.1) is 11.3 Å². The number of amides is 1. The van der Waals surface area contributed by atoms with Crippen molar-refractivity contribution in [3.8, 4) is 6.07 Å². The normalized spacial score (nSPS) is 9.65. The van der Waals surface area contributed by atoms with Crippen molar-refractivity contribution >= 4 is 11.6 Å². The lowest BCUT2D eigenvalue weighted by Crippen LogP contribution is -2.34. The van der Waals surface area contributed by atoms with Crippen molar-refractivity contribution in [3.05, 3.63) is 24.0 Å². The summed E-state index contributed by atoms with van der Waals surface area (Å²) in [5.74, 6) is -0.378. The fraction of sp³-hybridized carbons (Fsp3) is 0.417. The molecule has 1 rings (SSSR count). The van der Waals surface area contributed by atoms with Gasteiger partial charge in [-0.15, -0.1) is 0 Å². The smallest absolute Gasteiger partial charge is 0.236 e. The van der Waals surface area contributed by atoms with E-state index >= 15 is 0 Å². The van der Waals surface area contributed by atoms with Gasteiger partial charge in [0.15, 0.2) is 0 Å². The van der Waals surface area contributed by atoms with E-state index in [0.29, 0.717) is 5.69 Å². The summed E-state index contributed by atoms with van der Waals surface area (Å²) in [5.41, 5.74) is 6.36. The van der Waals surface area contributed by atoms with Crippen LogP contribution >= 0.6 is 0 Å². The first-order valence-electron chi connectivity index (χ1n) is 5.56. The van der Waals surface area contributed by atoms with Gasteiger partial charge in [0.25, 0.3) is 0 Å². The summed E-state index contributed by atoms with van der Waals surface area (Å²) in [5, 5.41) is 8.78. The molecule has 0 fully saturated rings. The van der Waals surface area contributed by atoms with Crippen molar-refractivity contribution in [3.63, 3.8) is 0 Å². The maximum Gasteiger partial charge on any atom is 0.236 e. The summed E-state index contributed by atoms with van der Waals surface area (Å²) in [6.07, 6.45) is 3.57. The average molecular weight is 232 g/mol. The maximum atomic E-state index is 11.0. The lowest BCUT2D eigenvalue weighted by atomic mass is 10.2. The predicted octanol–water partition coefficient (Wildman–Crippen LogP) is 1.05. The number of pyridine rings is 1. The monoisotopic (exact) mass is 232 g/mol. The second kappa shape index (κ2) is 6.48. The molecule has 0 aliphatic rings. The molecule has 0 radical (unpaired) electrons. The third kappa shape index (κ3) is 4.11. The first kappa shape index (κ1) is 13.0. The van der Waals surface area contributed by atoms with E-state index in [4.69, 9.17) is 11.0 Å².